The Kier molecular flexibility index (Phi) is 4.55. The third-order valence-corrected chi connectivity index (χ3v) is 4.03. The fourth-order valence-corrected chi connectivity index (χ4v) is 2.85. The summed E-state index contributed by atoms with van der Waals surface area (Å²) in [4.78, 5) is 22.6. The Labute approximate surface area is 142 Å². The molecule has 0 bridgehead atoms. The van der Waals surface area contributed by atoms with Crippen LogP contribution in [-0.2, 0) is 4.74 Å². The topological polar surface area (TPSA) is 67.3 Å². The van der Waals surface area contributed by atoms with E-state index >= 15 is 0 Å². The normalized spacial score (nSPS) is 16.2. The third-order valence-electron chi connectivity index (χ3n) is 4.03. The first-order valence-corrected chi connectivity index (χ1v) is 8.36. The zero-order chi connectivity index (χ0) is 17.2. The van der Waals surface area contributed by atoms with Crippen LogP contribution < -0.4 is 5.32 Å². The van der Waals surface area contributed by atoms with Crippen LogP contribution in [-0.4, -0.2) is 45.7 Å². The zero-order valence-corrected chi connectivity index (χ0v) is 14.5. The molecule has 24 heavy (non-hydrogen) atoms. The van der Waals surface area contributed by atoms with Gasteiger partial charge in [0.2, 0.25) is 0 Å². The molecule has 0 spiro atoms. The van der Waals surface area contributed by atoms with Gasteiger partial charge in [-0.05, 0) is 45.7 Å². The van der Waals surface area contributed by atoms with E-state index < -0.39 is 5.60 Å². The highest BCUT2D eigenvalue weighted by molar-refractivity contribution is 5.88. The van der Waals surface area contributed by atoms with Crippen molar-refractivity contribution in [2.45, 2.75) is 45.3 Å². The van der Waals surface area contributed by atoms with E-state index in [0.717, 1.165) is 29.6 Å². The van der Waals surface area contributed by atoms with E-state index in [0.29, 0.717) is 19.1 Å². The van der Waals surface area contributed by atoms with Crippen molar-refractivity contribution in [3.63, 3.8) is 0 Å². The molecule has 0 radical (unpaired) electrons. The summed E-state index contributed by atoms with van der Waals surface area (Å²) in [6, 6.07) is 8.25. The van der Waals surface area contributed by atoms with Gasteiger partial charge < -0.3 is 15.0 Å². The number of nitrogens with one attached hydrogen (secondary N) is 1. The molecule has 1 fully saturated rings. The van der Waals surface area contributed by atoms with E-state index in [2.05, 4.69) is 15.3 Å². The van der Waals surface area contributed by atoms with Crippen LogP contribution in [0.15, 0.2) is 30.6 Å². The van der Waals surface area contributed by atoms with Gasteiger partial charge in [0.1, 0.15) is 17.7 Å². The molecular weight excluding hydrogens is 304 g/mol. The van der Waals surface area contributed by atoms with Crippen molar-refractivity contribution >= 4 is 22.8 Å². The zero-order valence-electron chi connectivity index (χ0n) is 14.5. The lowest BCUT2D eigenvalue weighted by Crippen LogP contribution is -2.44. The van der Waals surface area contributed by atoms with Crippen LogP contribution in [0.5, 0.6) is 0 Å². The minimum absolute atomic E-state index is 0.228. The van der Waals surface area contributed by atoms with E-state index in [1.165, 1.54) is 0 Å². The first-order chi connectivity index (χ1) is 11.4. The van der Waals surface area contributed by atoms with E-state index in [1.807, 2.05) is 45.0 Å². The van der Waals surface area contributed by atoms with E-state index in [1.54, 1.807) is 11.2 Å². The smallest absolute Gasteiger partial charge is 0.410 e. The molecule has 0 saturated carbocycles. The predicted octanol–water partition coefficient (Wildman–Crippen LogP) is 3.44. The van der Waals surface area contributed by atoms with Crippen molar-refractivity contribution in [2.75, 3.05) is 18.4 Å². The largest absolute Gasteiger partial charge is 0.444 e. The summed E-state index contributed by atoms with van der Waals surface area (Å²) >= 11 is 0. The van der Waals surface area contributed by atoms with Crippen LogP contribution in [0.4, 0.5) is 10.6 Å². The van der Waals surface area contributed by atoms with Gasteiger partial charge in [0.25, 0.3) is 0 Å². The average molecular weight is 328 g/mol. The summed E-state index contributed by atoms with van der Waals surface area (Å²) in [5.41, 5.74) is 0.479. The van der Waals surface area contributed by atoms with Crippen LogP contribution in [0.3, 0.4) is 0 Å². The fraction of sp³-hybridized carbons (Fsp3) is 0.500. The number of benzene rings is 1. The molecule has 1 aliphatic rings. The molecule has 3 rings (SSSR count). The molecule has 0 atom stereocenters. The van der Waals surface area contributed by atoms with Crippen molar-refractivity contribution in [1.82, 2.24) is 14.9 Å². The molecule has 128 valence electrons. The Bertz CT molecular complexity index is 713. The van der Waals surface area contributed by atoms with E-state index in [9.17, 15) is 4.79 Å². The van der Waals surface area contributed by atoms with Crippen LogP contribution >= 0.6 is 0 Å². The van der Waals surface area contributed by atoms with Crippen molar-refractivity contribution in [3.05, 3.63) is 30.6 Å². The number of aromatic nitrogens is 2. The average Bonchev–Trinajstić information content (AvgIpc) is 2.54. The minimum atomic E-state index is -0.452. The number of anilines is 1. The number of nitrogens with zero attached hydrogens (tertiary/aromatic N) is 3. The molecule has 2 aromatic rings. The second-order valence-corrected chi connectivity index (χ2v) is 7.13. The molecule has 2 heterocycles. The number of hydrogen-bond donors (Lipinski definition) is 1. The van der Waals surface area contributed by atoms with Gasteiger partial charge in [0.05, 0.1) is 5.52 Å². The number of ether oxygens (including phenoxy) is 1. The van der Waals surface area contributed by atoms with E-state index in [-0.39, 0.29) is 6.09 Å². The van der Waals surface area contributed by atoms with Crippen LogP contribution in [0.1, 0.15) is 33.6 Å². The number of amides is 1. The molecule has 0 aliphatic carbocycles. The lowest BCUT2D eigenvalue weighted by molar-refractivity contribution is 0.0210. The van der Waals surface area contributed by atoms with Gasteiger partial charge in [-0.3, -0.25) is 0 Å². The number of para-hydroxylation sites is 1. The molecular formula is C18H24N4O2. The maximum Gasteiger partial charge on any atom is 0.410 e. The van der Waals surface area contributed by atoms with Gasteiger partial charge in [-0.2, -0.15) is 0 Å². The summed E-state index contributed by atoms with van der Waals surface area (Å²) in [7, 11) is 0. The van der Waals surface area contributed by atoms with Crippen molar-refractivity contribution in [3.8, 4) is 0 Å². The fourth-order valence-electron chi connectivity index (χ4n) is 2.85. The molecule has 1 N–H and O–H groups in total. The first kappa shape index (κ1) is 16.5. The predicted molar refractivity (Wildman–Crippen MR) is 94.0 cm³/mol. The monoisotopic (exact) mass is 328 g/mol. The van der Waals surface area contributed by atoms with Gasteiger partial charge in [0.15, 0.2) is 0 Å². The molecule has 1 aromatic heterocycles. The Morgan fingerprint density at radius 1 is 1.21 bits per heavy atom. The molecule has 1 amide bonds. The number of hydrogen-bond acceptors (Lipinski definition) is 5. The summed E-state index contributed by atoms with van der Waals surface area (Å²) in [6.45, 7) is 7.05. The molecule has 6 nitrogen and oxygen atoms in total. The number of carbonyl (C=O) groups is 1. The maximum atomic E-state index is 12.1. The standard InChI is InChI=1S/C18H24N4O2/c1-18(2,3)24-17(23)22-10-8-13(9-11-22)21-16-14-6-4-5-7-15(14)19-12-20-16/h4-7,12-13H,8-11H2,1-3H3,(H,19,20,21). The number of likely N-dealkylation sites (tertiary alicyclic amines) is 1. The summed E-state index contributed by atoms with van der Waals surface area (Å²) in [6.07, 6.45) is 3.10. The highest BCUT2D eigenvalue weighted by Crippen LogP contribution is 2.22. The minimum Gasteiger partial charge on any atom is -0.444 e. The van der Waals surface area contributed by atoms with Crippen LogP contribution in [0.2, 0.25) is 0 Å². The summed E-state index contributed by atoms with van der Waals surface area (Å²) in [5.74, 6) is 0.858. The summed E-state index contributed by atoms with van der Waals surface area (Å²) < 4.78 is 5.43. The van der Waals surface area contributed by atoms with Gasteiger partial charge in [-0.1, -0.05) is 12.1 Å². The second kappa shape index (κ2) is 6.63. The molecule has 1 aliphatic heterocycles. The molecule has 1 saturated heterocycles. The highest BCUT2D eigenvalue weighted by Gasteiger charge is 2.27. The van der Waals surface area contributed by atoms with Gasteiger partial charge >= 0.3 is 6.09 Å². The first-order valence-electron chi connectivity index (χ1n) is 8.36. The Morgan fingerprint density at radius 2 is 1.92 bits per heavy atom. The number of fused-ring (bicyclic) bond motifs is 1. The van der Waals surface area contributed by atoms with Crippen molar-refractivity contribution < 1.29 is 9.53 Å². The van der Waals surface area contributed by atoms with Crippen LogP contribution in [0, 0.1) is 0 Å². The number of carbonyl (C=O) groups excluding carboxylic acids is 1. The SMILES string of the molecule is CC(C)(C)OC(=O)N1CCC(Nc2ncnc3ccccc23)CC1. The lowest BCUT2D eigenvalue weighted by Gasteiger charge is -2.34. The van der Waals surface area contributed by atoms with Gasteiger partial charge in [-0.15, -0.1) is 0 Å². The number of rotatable bonds is 2. The van der Waals surface area contributed by atoms with Crippen molar-refractivity contribution in [1.29, 1.82) is 0 Å². The Morgan fingerprint density at radius 3 is 2.62 bits per heavy atom. The van der Waals surface area contributed by atoms with Crippen molar-refractivity contribution in [2.24, 2.45) is 0 Å². The maximum absolute atomic E-state index is 12.1. The second-order valence-electron chi connectivity index (χ2n) is 7.13. The number of piperidine rings is 1. The quantitative estimate of drug-likeness (QED) is 0.914. The molecule has 1 aromatic carbocycles. The lowest BCUT2D eigenvalue weighted by atomic mass is 10.1. The molecule has 0 unspecified atom stereocenters. The van der Waals surface area contributed by atoms with Gasteiger partial charge in [0, 0.05) is 24.5 Å². The summed E-state index contributed by atoms with van der Waals surface area (Å²) in [5, 5.41) is 4.52. The highest BCUT2D eigenvalue weighted by atomic mass is 16.6. The third kappa shape index (κ3) is 3.93. The Hall–Kier alpha value is -2.37. The Balaban J connectivity index is 1.60. The van der Waals surface area contributed by atoms with E-state index in [4.69, 9.17) is 4.74 Å². The van der Waals surface area contributed by atoms with Gasteiger partial charge in [-0.25, -0.2) is 14.8 Å². The van der Waals surface area contributed by atoms with Crippen LogP contribution in [0.25, 0.3) is 10.9 Å². The molecule has 6 heteroatoms.